The zero-order valence-electron chi connectivity index (χ0n) is 24.8. The summed E-state index contributed by atoms with van der Waals surface area (Å²) in [6.07, 6.45) is 0.363. The third-order valence-corrected chi connectivity index (χ3v) is 8.77. The van der Waals surface area contributed by atoms with Gasteiger partial charge in [0, 0.05) is 13.1 Å². The van der Waals surface area contributed by atoms with Crippen molar-refractivity contribution in [3.63, 3.8) is 0 Å². The Morgan fingerprint density at radius 3 is 2.02 bits per heavy atom. The number of sulfonamides is 1. The molecule has 3 rings (SSSR count). The number of aryl methyl sites for hydroxylation is 1. The number of carbonyl (C=O) groups excluding carboxylic acids is 2. The molecule has 0 aliphatic rings. The molecule has 3 aromatic rings. The minimum atomic E-state index is -4.11. The van der Waals surface area contributed by atoms with E-state index >= 15 is 0 Å². The highest BCUT2D eigenvalue weighted by Gasteiger charge is 2.33. The molecular weight excluding hydrogens is 538 g/mol. The molecule has 0 radical (unpaired) electrons. The number of nitrogens with zero attached hydrogens (tertiary/aromatic N) is 2. The molecule has 3 aromatic carbocycles. The second-order valence-electron chi connectivity index (χ2n) is 10.3. The van der Waals surface area contributed by atoms with Crippen LogP contribution in [0.4, 0.5) is 5.69 Å². The average Bonchev–Trinajstić information content (AvgIpc) is 2.96. The summed E-state index contributed by atoms with van der Waals surface area (Å²) in [5.41, 5.74) is 3.14. The van der Waals surface area contributed by atoms with Crippen molar-refractivity contribution in [2.24, 2.45) is 0 Å². The highest BCUT2D eigenvalue weighted by molar-refractivity contribution is 7.92. The molecule has 0 spiro atoms. The molecular formula is C32H41N3O5S. The maximum atomic E-state index is 14.1. The number of ether oxygens (including phenoxy) is 1. The lowest BCUT2D eigenvalue weighted by atomic mass is 10.0. The van der Waals surface area contributed by atoms with Gasteiger partial charge in [-0.3, -0.25) is 13.9 Å². The Morgan fingerprint density at radius 1 is 0.902 bits per heavy atom. The number of hydrogen-bond donors (Lipinski definition) is 1. The van der Waals surface area contributed by atoms with Crippen LogP contribution in [0, 0.1) is 6.92 Å². The van der Waals surface area contributed by atoms with Crippen molar-refractivity contribution in [1.29, 1.82) is 0 Å². The van der Waals surface area contributed by atoms with Crippen molar-refractivity contribution in [1.82, 2.24) is 10.2 Å². The smallest absolute Gasteiger partial charge is 0.264 e. The molecule has 0 heterocycles. The van der Waals surface area contributed by atoms with Crippen molar-refractivity contribution in [3.05, 3.63) is 89.5 Å². The third kappa shape index (κ3) is 7.88. The van der Waals surface area contributed by atoms with Gasteiger partial charge in [0.05, 0.1) is 17.7 Å². The van der Waals surface area contributed by atoms with Crippen LogP contribution in [0.1, 0.15) is 56.7 Å². The minimum absolute atomic E-state index is 0.0845. The molecule has 0 aromatic heterocycles. The summed E-state index contributed by atoms with van der Waals surface area (Å²) in [6, 6.07) is 20.2. The molecule has 1 atom stereocenters. The van der Waals surface area contributed by atoms with Gasteiger partial charge in [-0.15, -0.1) is 0 Å². The van der Waals surface area contributed by atoms with Crippen molar-refractivity contribution < 1.29 is 22.7 Å². The van der Waals surface area contributed by atoms with Gasteiger partial charge in [0.25, 0.3) is 10.0 Å². The quantitative estimate of drug-likeness (QED) is 0.298. The van der Waals surface area contributed by atoms with E-state index in [0.29, 0.717) is 24.4 Å². The van der Waals surface area contributed by atoms with E-state index in [2.05, 4.69) is 19.2 Å². The Labute approximate surface area is 244 Å². The second-order valence-corrected chi connectivity index (χ2v) is 12.1. The molecule has 0 aliphatic carbocycles. The van der Waals surface area contributed by atoms with Crippen LogP contribution in [0.5, 0.6) is 5.75 Å². The number of nitrogens with one attached hydrogen (secondary N) is 1. The monoisotopic (exact) mass is 579 g/mol. The fraction of sp³-hybridized carbons (Fsp3) is 0.375. The maximum Gasteiger partial charge on any atom is 0.264 e. The van der Waals surface area contributed by atoms with Crippen molar-refractivity contribution in [3.8, 4) is 5.75 Å². The number of carbonyl (C=O) groups is 2. The average molecular weight is 580 g/mol. The Kier molecular flexibility index (Phi) is 10.9. The van der Waals surface area contributed by atoms with Gasteiger partial charge in [-0.2, -0.15) is 0 Å². The Morgan fingerprint density at radius 2 is 1.51 bits per heavy atom. The van der Waals surface area contributed by atoms with E-state index in [-0.39, 0.29) is 23.3 Å². The number of benzene rings is 3. The van der Waals surface area contributed by atoms with Crippen LogP contribution in [-0.4, -0.2) is 51.4 Å². The van der Waals surface area contributed by atoms with Gasteiger partial charge in [-0.1, -0.05) is 62.7 Å². The number of rotatable bonds is 13. The van der Waals surface area contributed by atoms with Gasteiger partial charge in [0.15, 0.2) is 0 Å². The third-order valence-electron chi connectivity index (χ3n) is 6.98. The van der Waals surface area contributed by atoms with Crippen molar-refractivity contribution in [2.45, 2.75) is 64.4 Å². The zero-order valence-corrected chi connectivity index (χ0v) is 25.6. The van der Waals surface area contributed by atoms with E-state index < -0.39 is 28.5 Å². The first-order valence-corrected chi connectivity index (χ1v) is 15.3. The topological polar surface area (TPSA) is 96.0 Å². The first kappa shape index (κ1) is 31.7. The molecule has 2 amide bonds. The van der Waals surface area contributed by atoms with Crippen LogP contribution >= 0.6 is 0 Å². The van der Waals surface area contributed by atoms with E-state index in [1.54, 1.807) is 55.6 Å². The first-order chi connectivity index (χ1) is 19.5. The summed E-state index contributed by atoms with van der Waals surface area (Å²) in [6.45, 7) is 9.72. The summed E-state index contributed by atoms with van der Waals surface area (Å²) < 4.78 is 34.4. The van der Waals surface area contributed by atoms with E-state index in [0.717, 1.165) is 21.0 Å². The molecule has 0 unspecified atom stereocenters. The number of methoxy groups -OCH3 is 1. The van der Waals surface area contributed by atoms with Gasteiger partial charge >= 0.3 is 0 Å². The maximum absolute atomic E-state index is 14.1. The number of hydrogen-bond acceptors (Lipinski definition) is 5. The van der Waals surface area contributed by atoms with Gasteiger partial charge in [-0.05, 0) is 73.7 Å². The van der Waals surface area contributed by atoms with E-state index in [4.69, 9.17) is 4.74 Å². The Bertz CT molecular complexity index is 1400. The summed E-state index contributed by atoms with van der Waals surface area (Å²) >= 11 is 0. The molecule has 220 valence electrons. The van der Waals surface area contributed by atoms with Crippen LogP contribution in [-0.2, 0) is 26.2 Å². The lowest BCUT2D eigenvalue weighted by Gasteiger charge is -2.33. The van der Waals surface area contributed by atoms with Crippen LogP contribution in [0.15, 0.2) is 77.7 Å². The summed E-state index contributed by atoms with van der Waals surface area (Å²) in [5.74, 6) is 0.159. The molecule has 0 bridgehead atoms. The molecule has 0 aliphatic heterocycles. The van der Waals surface area contributed by atoms with Crippen LogP contribution in [0.3, 0.4) is 0 Å². The normalized spacial score (nSPS) is 12.1. The predicted molar refractivity (Wildman–Crippen MR) is 163 cm³/mol. The standard InChI is InChI=1S/C32H41N3O5S/c1-7-30(32(37)33-8-2)34(21-25-11-17-28(40-6)18-12-25)31(36)22-35(27-15-13-26(14-16-27)23(3)4)41(38,39)29-19-9-24(5)10-20-29/h9-20,23,30H,7-8,21-22H2,1-6H3,(H,33,37)/t30-/m0/s1. The molecule has 0 fully saturated rings. The lowest BCUT2D eigenvalue weighted by molar-refractivity contribution is -0.140. The summed E-state index contributed by atoms with van der Waals surface area (Å²) in [7, 11) is -2.54. The summed E-state index contributed by atoms with van der Waals surface area (Å²) in [5, 5.41) is 2.81. The van der Waals surface area contributed by atoms with E-state index in [1.165, 1.54) is 4.90 Å². The molecule has 41 heavy (non-hydrogen) atoms. The fourth-order valence-electron chi connectivity index (χ4n) is 4.53. The highest BCUT2D eigenvalue weighted by Crippen LogP contribution is 2.27. The SMILES string of the molecule is CCNC(=O)[C@H](CC)N(Cc1ccc(OC)cc1)C(=O)CN(c1ccc(C(C)C)cc1)S(=O)(=O)c1ccc(C)cc1. The number of amides is 2. The number of anilines is 1. The second kappa shape index (κ2) is 14.2. The van der Waals surface area contributed by atoms with Crippen molar-refractivity contribution >= 4 is 27.5 Å². The first-order valence-electron chi connectivity index (χ1n) is 13.9. The van der Waals surface area contributed by atoms with Gasteiger partial charge in [-0.25, -0.2) is 8.42 Å². The van der Waals surface area contributed by atoms with Gasteiger partial charge < -0.3 is 15.0 Å². The molecule has 9 heteroatoms. The Balaban J connectivity index is 2.06. The molecule has 0 saturated heterocycles. The van der Waals surface area contributed by atoms with Crippen LogP contribution < -0.4 is 14.4 Å². The van der Waals surface area contributed by atoms with Crippen molar-refractivity contribution in [2.75, 3.05) is 24.5 Å². The predicted octanol–water partition coefficient (Wildman–Crippen LogP) is 5.27. The van der Waals surface area contributed by atoms with E-state index in [9.17, 15) is 18.0 Å². The van der Waals surface area contributed by atoms with Gasteiger partial charge in [0.2, 0.25) is 11.8 Å². The fourth-order valence-corrected chi connectivity index (χ4v) is 5.95. The minimum Gasteiger partial charge on any atom is -0.497 e. The van der Waals surface area contributed by atoms with E-state index in [1.807, 2.05) is 45.0 Å². The van der Waals surface area contributed by atoms with Crippen LogP contribution in [0.25, 0.3) is 0 Å². The highest BCUT2D eigenvalue weighted by atomic mass is 32.2. The summed E-state index contributed by atoms with van der Waals surface area (Å²) in [4.78, 5) is 28.7. The number of likely N-dealkylation sites (N-methyl/N-ethyl adjacent to an activating group) is 1. The lowest BCUT2D eigenvalue weighted by Crippen LogP contribution is -2.52. The molecule has 0 saturated carbocycles. The Hall–Kier alpha value is -3.85. The largest absolute Gasteiger partial charge is 0.497 e. The van der Waals surface area contributed by atoms with Gasteiger partial charge in [0.1, 0.15) is 18.3 Å². The zero-order chi connectivity index (χ0) is 30.2. The van der Waals surface area contributed by atoms with Crippen LogP contribution in [0.2, 0.25) is 0 Å². The molecule has 8 nitrogen and oxygen atoms in total. The molecule has 1 N–H and O–H groups in total.